The van der Waals surface area contributed by atoms with E-state index in [9.17, 15) is 19.7 Å². The molecule has 3 rings (SSSR count). The van der Waals surface area contributed by atoms with Gasteiger partial charge in [-0.2, -0.15) is 0 Å². The lowest BCUT2D eigenvalue weighted by Crippen LogP contribution is -2.42. The number of carbonyl (C=O) groups excluding carboxylic acids is 2. The lowest BCUT2D eigenvalue weighted by Gasteiger charge is -2.27. The van der Waals surface area contributed by atoms with Crippen molar-refractivity contribution in [3.8, 4) is 0 Å². The fraction of sp³-hybridized carbons (Fsp3) is 0.417. The van der Waals surface area contributed by atoms with Crippen LogP contribution >= 0.6 is 0 Å². The van der Waals surface area contributed by atoms with Crippen LogP contribution in [0, 0.1) is 10.1 Å². The van der Waals surface area contributed by atoms with Crippen LogP contribution in [0.25, 0.3) is 0 Å². The average Bonchev–Trinajstić information content (AvgIpc) is 3.17. The van der Waals surface area contributed by atoms with Gasteiger partial charge in [0.05, 0.1) is 51.4 Å². The highest BCUT2D eigenvalue weighted by Gasteiger charge is 2.45. The van der Waals surface area contributed by atoms with Crippen LogP contribution in [0.15, 0.2) is 54.6 Å². The molecule has 0 N–H and O–H groups in total. The average molecular weight is 472 g/mol. The maximum atomic E-state index is 12.1. The molecule has 182 valence electrons. The normalized spacial score (nSPS) is 20.1. The number of benzene rings is 2. The highest BCUT2D eigenvalue weighted by molar-refractivity contribution is 5.72. The number of likely N-dealkylation sites (tertiary alicyclic amines) is 1. The molecule has 0 aliphatic carbocycles. The van der Waals surface area contributed by atoms with Gasteiger partial charge >= 0.3 is 11.9 Å². The van der Waals surface area contributed by atoms with Crippen LogP contribution in [0.5, 0.6) is 0 Å². The minimum atomic E-state index is -0.526. The van der Waals surface area contributed by atoms with E-state index in [1.54, 1.807) is 17.0 Å². The summed E-state index contributed by atoms with van der Waals surface area (Å²) in [6, 6.07) is 15.2. The molecule has 1 heterocycles. The molecule has 0 radical (unpaired) electrons. The number of nitrogens with zero attached hydrogens (tertiary/aromatic N) is 2. The number of hydrogen-bond acceptors (Lipinski definition) is 9. The molecular formula is C24H28N2O8. The molecule has 34 heavy (non-hydrogen) atoms. The maximum Gasteiger partial charge on any atom is 0.319 e. The Bertz CT molecular complexity index is 967. The number of nitro benzene ring substituents is 1. The SMILES string of the molecule is COC(=O)C[C@H]1[C@H](OCc2ccccc2)[C@@H](OCc2ccc([N+](=O)[O-])cc2)CN1CC(=O)OC. The van der Waals surface area contributed by atoms with E-state index >= 15 is 0 Å². The summed E-state index contributed by atoms with van der Waals surface area (Å²) in [5.74, 6) is -0.864. The Balaban J connectivity index is 1.77. The molecule has 0 bridgehead atoms. The first kappa shape index (κ1) is 25.3. The number of carbonyl (C=O) groups is 2. The highest BCUT2D eigenvalue weighted by Crippen LogP contribution is 2.28. The van der Waals surface area contributed by atoms with Gasteiger partial charge in [-0.3, -0.25) is 24.6 Å². The van der Waals surface area contributed by atoms with Crippen molar-refractivity contribution < 1.29 is 33.5 Å². The summed E-state index contributed by atoms with van der Waals surface area (Å²) >= 11 is 0. The first-order valence-corrected chi connectivity index (χ1v) is 10.8. The molecule has 0 amide bonds. The fourth-order valence-corrected chi connectivity index (χ4v) is 3.89. The van der Waals surface area contributed by atoms with E-state index in [2.05, 4.69) is 0 Å². The predicted molar refractivity (Wildman–Crippen MR) is 121 cm³/mol. The van der Waals surface area contributed by atoms with Crippen LogP contribution in [-0.2, 0) is 41.8 Å². The van der Waals surface area contributed by atoms with Gasteiger partial charge in [-0.15, -0.1) is 0 Å². The van der Waals surface area contributed by atoms with Crippen LogP contribution in [0.3, 0.4) is 0 Å². The second-order valence-electron chi connectivity index (χ2n) is 7.89. The van der Waals surface area contributed by atoms with Crippen molar-refractivity contribution in [3.63, 3.8) is 0 Å². The monoisotopic (exact) mass is 472 g/mol. The number of methoxy groups -OCH3 is 2. The molecule has 0 unspecified atom stereocenters. The quantitative estimate of drug-likeness (QED) is 0.276. The van der Waals surface area contributed by atoms with Gasteiger partial charge in [0, 0.05) is 24.7 Å². The van der Waals surface area contributed by atoms with Gasteiger partial charge in [-0.05, 0) is 23.3 Å². The van der Waals surface area contributed by atoms with Gasteiger partial charge in [0.1, 0.15) is 6.10 Å². The van der Waals surface area contributed by atoms with Crippen molar-refractivity contribution in [1.82, 2.24) is 4.90 Å². The van der Waals surface area contributed by atoms with Crippen LogP contribution in [0.1, 0.15) is 17.5 Å². The number of non-ortho nitro benzene ring substituents is 1. The Hall–Kier alpha value is -3.34. The molecule has 10 heteroatoms. The van der Waals surface area contributed by atoms with E-state index in [1.807, 2.05) is 30.3 Å². The molecule has 2 aromatic carbocycles. The molecule has 0 spiro atoms. The van der Waals surface area contributed by atoms with Gasteiger partial charge < -0.3 is 18.9 Å². The zero-order valence-electron chi connectivity index (χ0n) is 19.1. The molecule has 0 aromatic heterocycles. The molecule has 0 saturated carbocycles. The molecule has 1 aliphatic rings. The smallest absolute Gasteiger partial charge is 0.319 e. The summed E-state index contributed by atoms with van der Waals surface area (Å²) in [7, 11) is 2.62. The second kappa shape index (κ2) is 12.2. The van der Waals surface area contributed by atoms with E-state index in [1.165, 1.54) is 26.4 Å². The van der Waals surface area contributed by atoms with E-state index in [0.29, 0.717) is 13.2 Å². The fourth-order valence-electron chi connectivity index (χ4n) is 3.89. The number of nitro groups is 1. The maximum absolute atomic E-state index is 12.1. The summed E-state index contributed by atoms with van der Waals surface area (Å²) < 4.78 is 22.1. The van der Waals surface area contributed by atoms with E-state index in [4.69, 9.17) is 18.9 Å². The number of hydrogen-bond donors (Lipinski definition) is 0. The molecule has 3 atom stereocenters. The van der Waals surface area contributed by atoms with Crippen LogP contribution in [0.4, 0.5) is 5.69 Å². The summed E-state index contributed by atoms with van der Waals surface area (Å²) in [5, 5.41) is 10.9. The first-order valence-electron chi connectivity index (χ1n) is 10.8. The lowest BCUT2D eigenvalue weighted by molar-refractivity contribution is -0.384. The number of rotatable bonds is 11. The van der Waals surface area contributed by atoms with Gasteiger partial charge in [-0.1, -0.05) is 30.3 Å². The molecule has 1 fully saturated rings. The number of esters is 2. The van der Waals surface area contributed by atoms with Crippen LogP contribution in [0.2, 0.25) is 0 Å². The van der Waals surface area contributed by atoms with E-state index in [-0.39, 0.29) is 25.3 Å². The van der Waals surface area contributed by atoms with E-state index < -0.39 is 35.1 Å². The third kappa shape index (κ3) is 6.83. The Morgan fingerprint density at radius 1 is 0.941 bits per heavy atom. The van der Waals surface area contributed by atoms with Crippen molar-refractivity contribution in [3.05, 3.63) is 75.8 Å². The highest BCUT2D eigenvalue weighted by atomic mass is 16.6. The topological polar surface area (TPSA) is 117 Å². The third-order valence-electron chi connectivity index (χ3n) is 5.69. The molecule has 1 saturated heterocycles. The van der Waals surface area contributed by atoms with Gasteiger partial charge in [0.2, 0.25) is 0 Å². The van der Waals surface area contributed by atoms with Crippen molar-refractivity contribution in [2.75, 3.05) is 27.3 Å². The Kier molecular flexibility index (Phi) is 9.08. The molecular weight excluding hydrogens is 444 g/mol. The largest absolute Gasteiger partial charge is 0.469 e. The lowest BCUT2D eigenvalue weighted by atomic mass is 10.1. The first-order chi connectivity index (χ1) is 16.4. The Labute approximate surface area is 197 Å². The van der Waals surface area contributed by atoms with E-state index in [0.717, 1.165) is 11.1 Å². The van der Waals surface area contributed by atoms with Gasteiger partial charge in [0.25, 0.3) is 5.69 Å². The van der Waals surface area contributed by atoms with Gasteiger partial charge in [0.15, 0.2) is 0 Å². The molecule has 1 aliphatic heterocycles. The summed E-state index contributed by atoms with van der Waals surface area (Å²) in [6.07, 6.45) is -0.968. The summed E-state index contributed by atoms with van der Waals surface area (Å²) in [6.45, 7) is 0.793. The zero-order chi connectivity index (χ0) is 24.5. The zero-order valence-corrected chi connectivity index (χ0v) is 19.1. The second-order valence-corrected chi connectivity index (χ2v) is 7.89. The Morgan fingerprint density at radius 3 is 2.18 bits per heavy atom. The minimum absolute atomic E-state index is 0.00363. The van der Waals surface area contributed by atoms with Crippen molar-refractivity contribution >= 4 is 17.6 Å². The van der Waals surface area contributed by atoms with Crippen molar-refractivity contribution in [1.29, 1.82) is 0 Å². The Morgan fingerprint density at radius 2 is 1.56 bits per heavy atom. The standard InChI is InChI=1S/C24H28N2O8/c1-31-22(27)12-20-24(34-16-17-6-4-3-5-7-17)21(13-25(20)14-23(28)32-2)33-15-18-8-10-19(11-9-18)26(29)30/h3-11,20-21,24H,12-16H2,1-2H3/t20-,21-,24-/m0/s1. The summed E-state index contributed by atoms with van der Waals surface area (Å²) in [5.41, 5.74) is 1.71. The van der Waals surface area contributed by atoms with Crippen LogP contribution in [-0.4, -0.2) is 67.3 Å². The van der Waals surface area contributed by atoms with Crippen LogP contribution < -0.4 is 0 Å². The third-order valence-corrected chi connectivity index (χ3v) is 5.69. The molecule has 2 aromatic rings. The van der Waals surface area contributed by atoms with Crippen molar-refractivity contribution in [2.24, 2.45) is 0 Å². The van der Waals surface area contributed by atoms with Crippen molar-refractivity contribution in [2.45, 2.75) is 37.9 Å². The van der Waals surface area contributed by atoms with Gasteiger partial charge in [-0.25, -0.2) is 0 Å². The predicted octanol–water partition coefficient (Wildman–Crippen LogP) is 2.49. The summed E-state index contributed by atoms with van der Waals surface area (Å²) in [4.78, 5) is 36.4. The number of ether oxygens (including phenoxy) is 4. The molecule has 10 nitrogen and oxygen atoms in total. The minimum Gasteiger partial charge on any atom is -0.469 e.